The fraction of sp³-hybridized carbons (Fsp3) is 0.714. The van der Waals surface area contributed by atoms with Crippen molar-refractivity contribution in [2.24, 2.45) is 0 Å². The summed E-state index contributed by atoms with van der Waals surface area (Å²) in [5.41, 5.74) is 1.44. The molecular weight excluding hydrogens is 112 g/mol. The predicted molar refractivity (Wildman–Crippen MR) is 39.0 cm³/mol. The standard InChI is InChI=1S/C7H14N2/c1-6-4-7(2,3)9-5-8-6/h4,8-9H,5H2,1-3H3. The summed E-state index contributed by atoms with van der Waals surface area (Å²) in [6.07, 6.45) is 2.19. The molecule has 2 heteroatoms. The highest BCUT2D eigenvalue weighted by Gasteiger charge is 2.16. The van der Waals surface area contributed by atoms with Gasteiger partial charge >= 0.3 is 0 Å². The van der Waals surface area contributed by atoms with Crippen LogP contribution in [0.5, 0.6) is 0 Å². The summed E-state index contributed by atoms with van der Waals surface area (Å²) < 4.78 is 0. The van der Waals surface area contributed by atoms with Gasteiger partial charge < -0.3 is 5.32 Å². The van der Waals surface area contributed by atoms with Crippen molar-refractivity contribution in [1.29, 1.82) is 0 Å². The molecule has 0 aromatic heterocycles. The van der Waals surface area contributed by atoms with E-state index in [9.17, 15) is 0 Å². The lowest BCUT2D eigenvalue weighted by atomic mass is 10.0. The minimum atomic E-state index is 0.176. The molecule has 0 aromatic carbocycles. The Morgan fingerprint density at radius 2 is 2.22 bits per heavy atom. The van der Waals surface area contributed by atoms with Crippen molar-refractivity contribution in [2.45, 2.75) is 26.3 Å². The van der Waals surface area contributed by atoms with Crippen molar-refractivity contribution in [2.75, 3.05) is 6.67 Å². The summed E-state index contributed by atoms with van der Waals surface area (Å²) >= 11 is 0. The van der Waals surface area contributed by atoms with Crippen LogP contribution in [0, 0.1) is 0 Å². The zero-order valence-electron chi connectivity index (χ0n) is 6.28. The number of nitrogens with one attached hydrogen (secondary N) is 2. The van der Waals surface area contributed by atoms with Crippen LogP contribution >= 0.6 is 0 Å². The molecule has 52 valence electrons. The molecule has 0 atom stereocenters. The molecule has 2 N–H and O–H groups in total. The summed E-state index contributed by atoms with van der Waals surface area (Å²) in [7, 11) is 0. The van der Waals surface area contributed by atoms with Gasteiger partial charge in [0, 0.05) is 11.2 Å². The van der Waals surface area contributed by atoms with Crippen LogP contribution in [0.15, 0.2) is 11.8 Å². The maximum atomic E-state index is 3.30. The van der Waals surface area contributed by atoms with Crippen LogP contribution in [0.2, 0.25) is 0 Å². The van der Waals surface area contributed by atoms with Gasteiger partial charge in [-0.1, -0.05) is 0 Å². The molecule has 0 aliphatic carbocycles. The molecule has 0 radical (unpaired) electrons. The molecule has 1 rings (SSSR count). The predicted octanol–water partition coefficient (Wildman–Crippen LogP) is 0.819. The molecule has 0 saturated heterocycles. The van der Waals surface area contributed by atoms with Crippen LogP contribution in [-0.2, 0) is 0 Å². The first-order valence-electron chi connectivity index (χ1n) is 3.28. The van der Waals surface area contributed by atoms with Gasteiger partial charge in [0.05, 0.1) is 6.67 Å². The second-order valence-electron chi connectivity index (χ2n) is 3.08. The highest BCUT2D eigenvalue weighted by Crippen LogP contribution is 2.08. The van der Waals surface area contributed by atoms with Crippen molar-refractivity contribution < 1.29 is 0 Å². The molecule has 1 aliphatic heterocycles. The van der Waals surface area contributed by atoms with Gasteiger partial charge in [-0.2, -0.15) is 0 Å². The van der Waals surface area contributed by atoms with Crippen LogP contribution in [0.3, 0.4) is 0 Å². The SMILES string of the molecule is CC1=CC(C)(C)NCN1. The molecule has 0 bridgehead atoms. The Labute approximate surface area is 56.3 Å². The number of allylic oxidation sites excluding steroid dienone is 1. The van der Waals surface area contributed by atoms with Crippen molar-refractivity contribution in [1.82, 2.24) is 10.6 Å². The Hall–Kier alpha value is -0.500. The molecule has 0 unspecified atom stereocenters. The van der Waals surface area contributed by atoms with Gasteiger partial charge in [-0.25, -0.2) is 0 Å². The second-order valence-corrected chi connectivity index (χ2v) is 3.08. The minimum Gasteiger partial charge on any atom is -0.376 e. The van der Waals surface area contributed by atoms with E-state index in [-0.39, 0.29) is 5.54 Å². The van der Waals surface area contributed by atoms with Crippen LogP contribution < -0.4 is 10.6 Å². The highest BCUT2D eigenvalue weighted by atomic mass is 15.1. The lowest BCUT2D eigenvalue weighted by Gasteiger charge is -2.29. The van der Waals surface area contributed by atoms with E-state index in [0.29, 0.717) is 0 Å². The summed E-state index contributed by atoms with van der Waals surface area (Å²) in [5.74, 6) is 0. The van der Waals surface area contributed by atoms with E-state index in [2.05, 4.69) is 37.5 Å². The Morgan fingerprint density at radius 3 is 2.56 bits per heavy atom. The Balaban J connectivity index is 2.68. The molecule has 0 aromatic rings. The normalized spacial score (nSPS) is 24.6. The van der Waals surface area contributed by atoms with Gasteiger partial charge in [0.15, 0.2) is 0 Å². The first kappa shape index (κ1) is 6.62. The third kappa shape index (κ3) is 1.72. The van der Waals surface area contributed by atoms with E-state index < -0.39 is 0 Å². The molecule has 0 fully saturated rings. The zero-order valence-corrected chi connectivity index (χ0v) is 6.28. The fourth-order valence-corrected chi connectivity index (χ4v) is 1.05. The van der Waals surface area contributed by atoms with Gasteiger partial charge in [-0.15, -0.1) is 0 Å². The Morgan fingerprint density at radius 1 is 1.56 bits per heavy atom. The van der Waals surface area contributed by atoms with Crippen molar-refractivity contribution >= 4 is 0 Å². The molecule has 1 heterocycles. The van der Waals surface area contributed by atoms with E-state index in [1.54, 1.807) is 0 Å². The molecule has 9 heavy (non-hydrogen) atoms. The Bertz CT molecular complexity index is 136. The molecular formula is C7H14N2. The van der Waals surface area contributed by atoms with E-state index in [1.807, 2.05) is 0 Å². The first-order valence-corrected chi connectivity index (χ1v) is 3.28. The number of hydrogen-bond acceptors (Lipinski definition) is 2. The third-order valence-corrected chi connectivity index (χ3v) is 1.49. The maximum absolute atomic E-state index is 3.30. The average molecular weight is 126 g/mol. The smallest absolute Gasteiger partial charge is 0.0656 e. The van der Waals surface area contributed by atoms with Gasteiger partial charge in [0.25, 0.3) is 0 Å². The largest absolute Gasteiger partial charge is 0.376 e. The summed E-state index contributed by atoms with van der Waals surface area (Å²) in [4.78, 5) is 0. The quantitative estimate of drug-likeness (QED) is 0.502. The van der Waals surface area contributed by atoms with E-state index in [1.165, 1.54) is 5.70 Å². The van der Waals surface area contributed by atoms with Gasteiger partial charge in [-0.05, 0) is 26.8 Å². The monoisotopic (exact) mass is 126 g/mol. The Kier molecular flexibility index (Phi) is 1.49. The molecule has 0 spiro atoms. The van der Waals surface area contributed by atoms with Crippen LogP contribution in [-0.4, -0.2) is 12.2 Å². The topological polar surface area (TPSA) is 24.1 Å². The lowest BCUT2D eigenvalue weighted by Crippen LogP contribution is -2.47. The maximum Gasteiger partial charge on any atom is 0.0656 e. The lowest BCUT2D eigenvalue weighted by molar-refractivity contribution is 0.430. The first-order chi connectivity index (χ1) is 4.10. The van der Waals surface area contributed by atoms with Crippen LogP contribution in [0.25, 0.3) is 0 Å². The van der Waals surface area contributed by atoms with Crippen molar-refractivity contribution in [3.8, 4) is 0 Å². The van der Waals surface area contributed by atoms with E-state index in [4.69, 9.17) is 0 Å². The van der Waals surface area contributed by atoms with Gasteiger partial charge in [0.2, 0.25) is 0 Å². The third-order valence-electron chi connectivity index (χ3n) is 1.49. The zero-order chi connectivity index (χ0) is 6.91. The van der Waals surface area contributed by atoms with Crippen LogP contribution in [0.4, 0.5) is 0 Å². The van der Waals surface area contributed by atoms with E-state index in [0.717, 1.165) is 6.67 Å². The summed E-state index contributed by atoms with van der Waals surface area (Å²) in [6.45, 7) is 7.30. The van der Waals surface area contributed by atoms with Crippen molar-refractivity contribution in [3.63, 3.8) is 0 Å². The average Bonchev–Trinajstić information content (AvgIpc) is 1.60. The molecule has 0 saturated carbocycles. The minimum absolute atomic E-state index is 0.176. The molecule has 1 aliphatic rings. The van der Waals surface area contributed by atoms with E-state index >= 15 is 0 Å². The summed E-state index contributed by atoms with van der Waals surface area (Å²) in [6, 6.07) is 0. The number of hydrogen-bond donors (Lipinski definition) is 2. The fourth-order valence-electron chi connectivity index (χ4n) is 1.05. The molecule has 2 nitrogen and oxygen atoms in total. The number of rotatable bonds is 0. The molecule has 0 amide bonds. The second kappa shape index (κ2) is 2.03. The van der Waals surface area contributed by atoms with Gasteiger partial charge in [0.1, 0.15) is 0 Å². The van der Waals surface area contributed by atoms with Gasteiger partial charge in [-0.3, -0.25) is 5.32 Å². The summed E-state index contributed by atoms with van der Waals surface area (Å²) in [5, 5.41) is 6.49. The van der Waals surface area contributed by atoms with Crippen LogP contribution in [0.1, 0.15) is 20.8 Å². The highest BCUT2D eigenvalue weighted by molar-refractivity contribution is 5.10. The van der Waals surface area contributed by atoms with Crippen molar-refractivity contribution in [3.05, 3.63) is 11.8 Å².